The van der Waals surface area contributed by atoms with Gasteiger partial charge in [-0.3, -0.25) is 4.79 Å². The van der Waals surface area contributed by atoms with Gasteiger partial charge in [0.2, 0.25) is 11.0 Å². The van der Waals surface area contributed by atoms with Crippen LogP contribution in [0, 0.1) is 0 Å². The van der Waals surface area contributed by atoms with Crippen molar-refractivity contribution in [3.63, 3.8) is 0 Å². The lowest BCUT2D eigenvalue weighted by Gasteiger charge is -2.05. The molecule has 4 rings (SSSR count). The van der Waals surface area contributed by atoms with Crippen LogP contribution in [0.1, 0.15) is 12.6 Å². The van der Waals surface area contributed by atoms with Gasteiger partial charge in [0.05, 0.1) is 10.6 Å². The molecule has 2 N–H and O–H groups in total. The highest BCUT2D eigenvalue weighted by molar-refractivity contribution is 8.00. The molecule has 0 saturated carbocycles. The number of anilines is 3. The predicted octanol–water partition coefficient (Wildman–Crippen LogP) is 5.25. The Bertz CT molecular complexity index is 1070. The van der Waals surface area contributed by atoms with E-state index < -0.39 is 0 Å². The summed E-state index contributed by atoms with van der Waals surface area (Å²) in [6.07, 6.45) is 0. The van der Waals surface area contributed by atoms with Crippen LogP contribution in [0.2, 0.25) is 0 Å². The maximum atomic E-state index is 11.2. The van der Waals surface area contributed by atoms with Crippen molar-refractivity contribution in [1.82, 2.24) is 15.4 Å². The first-order valence-corrected chi connectivity index (χ1v) is 10.9. The second kappa shape index (κ2) is 8.55. The van der Waals surface area contributed by atoms with Crippen LogP contribution in [0.4, 0.5) is 16.5 Å². The van der Waals surface area contributed by atoms with Gasteiger partial charge in [-0.25, -0.2) is 0 Å². The molecule has 0 aliphatic heterocycles. The fourth-order valence-electron chi connectivity index (χ4n) is 2.37. The Morgan fingerprint density at radius 1 is 1.18 bits per heavy atom. The topological polar surface area (TPSA) is 92.9 Å². The van der Waals surface area contributed by atoms with E-state index in [1.165, 1.54) is 18.3 Å². The zero-order valence-electron chi connectivity index (χ0n) is 14.7. The molecule has 4 aromatic rings. The molecule has 0 fully saturated rings. The molecule has 0 spiro atoms. The Morgan fingerprint density at radius 2 is 2.07 bits per heavy atom. The molecule has 1 aromatic carbocycles. The Kier molecular flexibility index (Phi) is 5.70. The van der Waals surface area contributed by atoms with Crippen molar-refractivity contribution in [2.24, 2.45) is 0 Å². The molecule has 0 bridgehead atoms. The van der Waals surface area contributed by atoms with Crippen LogP contribution in [-0.2, 0) is 10.5 Å². The van der Waals surface area contributed by atoms with E-state index in [-0.39, 0.29) is 5.91 Å². The predicted molar refractivity (Wildman–Crippen MR) is 113 cm³/mol. The van der Waals surface area contributed by atoms with E-state index in [0.717, 1.165) is 32.0 Å². The number of thiophene rings is 1. The number of hydrogen-bond donors (Lipinski definition) is 2. The van der Waals surface area contributed by atoms with E-state index >= 15 is 0 Å². The normalized spacial score (nSPS) is 10.8. The van der Waals surface area contributed by atoms with Crippen LogP contribution >= 0.6 is 34.4 Å². The highest BCUT2D eigenvalue weighted by Crippen LogP contribution is 2.32. The number of nitrogens with zero attached hydrogens (tertiary/aromatic N) is 3. The molecule has 3 aromatic heterocycles. The summed E-state index contributed by atoms with van der Waals surface area (Å²) in [5, 5.41) is 21.1. The minimum Gasteiger partial charge on any atom is -0.355 e. The number of benzene rings is 1. The Hall–Kier alpha value is -2.69. The van der Waals surface area contributed by atoms with Crippen LogP contribution < -0.4 is 10.6 Å². The zero-order valence-corrected chi connectivity index (χ0v) is 17.2. The van der Waals surface area contributed by atoms with Gasteiger partial charge in [-0.1, -0.05) is 40.4 Å². The zero-order chi connectivity index (χ0) is 19.3. The van der Waals surface area contributed by atoms with Crippen LogP contribution in [-0.4, -0.2) is 21.3 Å². The summed E-state index contributed by atoms with van der Waals surface area (Å²) in [5.41, 5.74) is 2.42. The molecule has 3 heterocycles. The molecule has 0 atom stereocenters. The number of aromatic nitrogens is 3. The van der Waals surface area contributed by atoms with Crippen molar-refractivity contribution in [2.75, 3.05) is 10.6 Å². The molecule has 142 valence electrons. The van der Waals surface area contributed by atoms with Crippen molar-refractivity contribution < 1.29 is 9.32 Å². The molecule has 0 aliphatic carbocycles. The standard InChI is InChI=1S/C18H15N5O2S3/c1-11(24)19-12-4-2-5-13(8-12)20-17-21-22-18(28-17)27-10-14-9-15(25-23-14)16-6-3-7-26-16/h2-9H,10H2,1H3,(H,19,24)(H,20,21). The highest BCUT2D eigenvalue weighted by atomic mass is 32.2. The van der Waals surface area contributed by atoms with Crippen molar-refractivity contribution in [1.29, 1.82) is 0 Å². The maximum absolute atomic E-state index is 11.2. The summed E-state index contributed by atoms with van der Waals surface area (Å²) in [6, 6.07) is 13.4. The van der Waals surface area contributed by atoms with Gasteiger partial charge >= 0.3 is 0 Å². The number of hydrogen-bond acceptors (Lipinski definition) is 9. The monoisotopic (exact) mass is 429 g/mol. The van der Waals surface area contributed by atoms with Crippen LogP contribution in [0.25, 0.3) is 10.6 Å². The van der Waals surface area contributed by atoms with Crippen molar-refractivity contribution in [3.05, 3.63) is 53.5 Å². The van der Waals surface area contributed by atoms with E-state index in [2.05, 4.69) is 26.0 Å². The van der Waals surface area contributed by atoms with Crippen LogP contribution in [0.3, 0.4) is 0 Å². The summed E-state index contributed by atoms with van der Waals surface area (Å²) < 4.78 is 6.23. The van der Waals surface area contributed by atoms with Crippen molar-refractivity contribution in [3.8, 4) is 10.6 Å². The quantitative estimate of drug-likeness (QED) is 0.388. The van der Waals surface area contributed by atoms with Gasteiger partial charge in [0.25, 0.3) is 0 Å². The molecule has 1 amide bonds. The molecule has 0 saturated heterocycles. The van der Waals surface area contributed by atoms with Gasteiger partial charge < -0.3 is 15.2 Å². The number of nitrogens with one attached hydrogen (secondary N) is 2. The molecular weight excluding hydrogens is 414 g/mol. The lowest BCUT2D eigenvalue weighted by Crippen LogP contribution is -2.05. The third-order valence-electron chi connectivity index (χ3n) is 3.51. The summed E-state index contributed by atoms with van der Waals surface area (Å²) in [4.78, 5) is 12.2. The smallest absolute Gasteiger partial charge is 0.221 e. The Labute approximate surface area is 173 Å². The molecule has 10 heteroatoms. The summed E-state index contributed by atoms with van der Waals surface area (Å²) in [5.74, 6) is 1.33. The summed E-state index contributed by atoms with van der Waals surface area (Å²) in [7, 11) is 0. The lowest BCUT2D eigenvalue weighted by molar-refractivity contribution is -0.114. The van der Waals surface area contributed by atoms with Gasteiger partial charge in [0, 0.05) is 30.1 Å². The molecule has 0 radical (unpaired) electrons. The van der Waals surface area contributed by atoms with Gasteiger partial charge in [0.1, 0.15) is 0 Å². The first-order valence-electron chi connectivity index (χ1n) is 8.26. The van der Waals surface area contributed by atoms with Crippen LogP contribution in [0.5, 0.6) is 0 Å². The molecular formula is C18H15N5O2S3. The number of carbonyl (C=O) groups is 1. The first kappa shape index (κ1) is 18.7. The van der Waals surface area contributed by atoms with E-state index in [0.29, 0.717) is 10.9 Å². The Morgan fingerprint density at radius 3 is 2.89 bits per heavy atom. The first-order chi connectivity index (χ1) is 13.7. The second-order valence-electron chi connectivity index (χ2n) is 5.71. The number of amides is 1. The maximum Gasteiger partial charge on any atom is 0.221 e. The average Bonchev–Trinajstić information content (AvgIpc) is 3.41. The number of carbonyl (C=O) groups excluding carboxylic acids is 1. The highest BCUT2D eigenvalue weighted by Gasteiger charge is 2.10. The number of thioether (sulfide) groups is 1. The summed E-state index contributed by atoms with van der Waals surface area (Å²) >= 11 is 4.63. The minimum absolute atomic E-state index is 0.109. The SMILES string of the molecule is CC(=O)Nc1cccc(Nc2nnc(SCc3cc(-c4cccs4)on3)s2)c1. The van der Waals surface area contributed by atoms with E-state index in [1.54, 1.807) is 23.1 Å². The number of rotatable bonds is 7. The average molecular weight is 430 g/mol. The van der Waals surface area contributed by atoms with E-state index in [1.807, 2.05) is 47.8 Å². The van der Waals surface area contributed by atoms with Gasteiger partial charge in [-0.15, -0.1) is 21.5 Å². The summed E-state index contributed by atoms with van der Waals surface area (Å²) in [6.45, 7) is 1.48. The third-order valence-corrected chi connectivity index (χ3v) is 6.40. The lowest BCUT2D eigenvalue weighted by atomic mass is 10.3. The molecule has 0 aliphatic rings. The van der Waals surface area contributed by atoms with E-state index in [9.17, 15) is 4.79 Å². The molecule has 28 heavy (non-hydrogen) atoms. The minimum atomic E-state index is -0.109. The van der Waals surface area contributed by atoms with Crippen molar-refractivity contribution >= 4 is 56.8 Å². The fourth-order valence-corrected chi connectivity index (χ4v) is 4.70. The van der Waals surface area contributed by atoms with Gasteiger partial charge in [-0.05, 0) is 29.6 Å². The second-order valence-corrected chi connectivity index (χ2v) is 8.86. The third kappa shape index (κ3) is 4.77. The fraction of sp³-hybridized carbons (Fsp3) is 0.111. The molecule has 7 nitrogen and oxygen atoms in total. The van der Waals surface area contributed by atoms with Crippen molar-refractivity contribution in [2.45, 2.75) is 17.0 Å². The Balaban J connectivity index is 1.35. The van der Waals surface area contributed by atoms with Crippen LogP contribution in [0.15, 0.2) is 56.7 Å². The van der Waals surface area contributed by atoms with Gasteiger partial charge in [0.15, 0.2) is 10.1 Å². The van der Waals surface area contributed by atoms with Gasteiger partial charge in [-0.2, -0.15) is 0 Å². The van der Waals surface area contributed by atoms with E-state index in [4.69, 9.17) is 4.52 Å². The molecule has 0 unspecified atom stereocenters. The largest absolute Gasteiger partial charge is 0.355 e.